The molecular weight excluding hydrogens is 491 g/mol. The fraction of sp³-hybridized carbons (Fsp3) is 0.125. The second-order valence-electron chi connectivity index (χ2n) is 6.19. The maximum Gasteiger partial charge on any atom is 2.00 e. The summed E-state index contributed by atoms with van der Waals surface area (Å²) < 4.78 is 0. The molecule has 7 nitrogen and oxygen atoms in total. The van der Waals surface area contributed by atoms with Crippen LogP contribution in [-0.4, -0.2) is 24.0 Å². The summed E-state index contributed by atoms with van der Waals surface area (Å²) in [5.41, 5.74) is 0.929. The monoisotopic (exact) mass is 512 g/mol. The summed E-state index contributed by atoms with van der Waals surface area (Å²) >= 11 is 0. The molecule has 0 unspecified atom stereocenters. The van der Waals surface area contributed by atoms with Gasteiger partial charge in [0.25, 0.3) is 0 Å². The normalized spacial score (nSPS) is 9.09. The van der Waals surface area contributed by atoms with Gasteiger partial charge < -0.3 is 19.8 Å². The second-order valence-corrected chi connectivity index (χ2v) is 6.19. The van der Waals surface area contributed by atoms with E-state index in [1.54, 1.807) is 74.5 Å². The number of carboxylic acid groups (broad SMARTS) is 2. The van der Waals surface area contributed by atoms with Gasteiger partial charge in [-0.3, -0.25) is 4.89 Å². The smallest absolute Gasteiger partial charge is 0.545 e. The van der Waals surface area contributed by atoms with Gasteiger partial charge in [-0.05, 0) is 37.1 Å². The molecule has 0 fully saturated rings. The first kappa shape index (κ1) is 28.9. The number of carbonyl (C=O) groups is 3. The van der Waals surface area contributed by atoms with E-state index < -0.39 is 17.9 Å². The molecule has 0 atom stereocenters. The van der Waals surface area contributed by atoms with Gasteiger partial charge in [-0.15, -0.1) is 0 Å². The third kappa shape index (κ3) is 12.6. The number of hydrogen-bond donors (Lipinski definition) is 0. The maximum absolute atomic E-state index is 11.2. The molecule has 0 amide bonds. The first-order valence-corrected chi connectivity index (χ1v) is 9.26. The number of benzene rings is 3. The number of rotatable bonds is 5. The average Bonchev–Trinajstić information content (AvgIpc) is 2.80. The van der Waals surface area contributed by atoms with Gasteiger partial charge in [0, 0.05) is 0 Å². The minimum absolute atomic E-state index is 0. The predicted octanol–water partition coefficient (Wildman–Crippen LogP) is 2.28. The van der Waals surface area contributed by atoms with Crippen LogP contribution in [-0.2, 0) is 36.0 Å². The van der Waals surface area contributed by atoms with Crippen molar-refractivity contribution in [2.24, 2.45) is 0 Å². The van der Waals surface area contributed by atoms with Crippen LogP contribution in [0.4, 0.5) is 0 Å². The van der Waals surface area contributed by atoms with Crippen LogP contribution >= 0.6 is 0 Å². The zero-order chi connectivity index (χ0) is 23.1. The van der Waals surface area contributed by atoms with E-state index in [2.05, 4.69) is 4.89 Å². The molecule has 0 radical (unpaired) electrons. The summed E-state index contributed by atoms with van der Waals surface area (Å²) in [4.78, 5) is 40.6. The predicted molar refractivity (Wildman–Crippen MR) is 110 cm³/mol. The number of aromatic carboxylic acids is 2. The Bertz CT molecular complexity index is 881. The molecule has 0 aliphatic heterocycles. The van der Waals surface area contributed by atoms with Crippen LogP contribution < -0.4 is 10.2 Å². The Morgan fingerprint density at radius 1 is 0.625 bits per heavy atom. The molecule has 0 saturated heterocycles. The zero-order valence-electron chi connectivity index (χ0n) is 17.6. The van der Waals surface area contributed by atoms with Crippen molar-refractivity contribution in [2.45, 2.75) is 20.0 Å². The van der Waals surface area contributed by atoms with E-state index in [9.17, 15) is 24.6 Å². The summed E-state index contributed by atoms with van der Waals surface area (Å²) in [5.74, 6) is -2.72. The van der Waals surface area contributed by atoms with Crippen LogP contribution in [0.25, 0.3) is 0 Å². The fourth-order valence-corrected chi connectivity index (χ4v) is 1.91. The van der Waals surface area contributed by atoms with E-state index in [-0.39, 0.29) is 43.4 Å². The molecule has 3 aromatic rings. The van der Waals surface area contributed by atoms with Crippen LogP contribution in [0.5, 0.6) is 0 Å². The standard InChI is InChI=1S/C10H12O3.2C7H6O2.Zr/c1-8(2)12-13-10(11)9-6-4-3-5-7-9;2*8-7(9)6-4-2-1-3-5-6;/h3-8H,1-2H3;2*1-5H,(H,8,9);/q;;;+2/p-2. The summed E-state index contributed by atoms with van der Waals surface area (Å²) in [7, 11) is 0. The van der Waals surface area contributed by atoms with E-state index in [0.29, 0.717) is 5.56 Å². The minimum Gasteiger partial charge on any atom is -0.545 e. The van der Waals surface area contributed by atoms with Crippen molar-refractivity contribution in [1.29, 1.82) is 0 Å². The van der Waals surface area contributed by atoms with E-state index in [1.165, 1.54) is 24.3 Å². The van der Waals surface area contributed by atoms with Crippen LogP contribution in [0.2, 0.25) is 0 Å². The van der Waals surface area contributed by atoms with Crippen molar-refractivity contribution in [3.63, 3.8) is 0 Å². The van der Waals surface area contributed by atoms with Crippen LogP contribution in [0.1, 0.15) is 44.9 Å². The molecule has 3 aromatic carbocycles. The minimum atomic E-state index is -1.13. The van der Waals surface area contributed by atoms with Gasteiger partial charge in [-0.1, -0.05) is 78.9 Å². The van der Waals surface area contributed by atoms with Gasteiger partial charge in [0.05, 0.1) is 23.6 Å². The van der Waals surface area contributed by atoms with Gasteiger partial charge >= 0.3 is 32.2 Å². The Morgan fingerprint density at radius 2 is 0.938 bits per heavy atom. The molecule has 0 bridgehead atoms. The largest absolute Gasteiger partial charge is 2.00 e. The molecule has 32 heavy (non-hydrogen) atoms. The van der Waals surface area contributed by atoms with Gasteiger partial charge in [0.1, 0.15) is 0 Å². The topological polar surface area (TPSA) is 116 Å². The van der Waals surface area contributed by atoms with Crippen molar-refractivity contribution in [1.82, 2.24) is 0 Å². The molecule has 8 heteroatoms. The Morgan fingerprint density at radius 3 is 1.19 bits per heavy atom. The Balaban J connectivity index is 0.000000455. The molecule has 0 aliphatic rings. The number of carboxylic acids is 2. The first-order valence-electron chi connectivity index (χ1n) is 9.26. The Labute approximate surface area is 205 Å². The van der Waals surface area contributed by atoms with Gasteiger partial charge in [0.15, 0.2) is 0 Å². The molecule has 0 heterocycles. The van der Waals surface area contributed by atoms with Crippen molar-refractivity contribution in [2.75, 3.05) is 0 Å². The molecule has 3 rings (SSSR count). The van der Waals surface area contributed by atoms with E-state index in [0.717, 1.165) is 0 Å². The maximum atomic E-state index is 11.2. The molecular formula is C24H22O7Zr. The third-order valence-corrected chi connectivity index (χ3v) is 3.34. The molecule has 0 aliphatic carbocycles. The molecule has 0 saturated carbocycles. The van der Waals surface area contributed by atoms with Crippen LogP contribution in [0.3, 0.4) is 0 Å². The summed E-state index contributed by atoms with van der Waals surface area (Å²) in [5, 5.41) is 20.2. The molecule has 0 N–H and O–H groups in total. The summed E-state index contributed by atoms with van der Waals surface area (Å²) in [6.07, 6.45) is -0.118. The molecule has 164 valence electrons. The van der Waals surface area contributed by atoms with E-state index in [1.807, 2.05) is 6.07 Å². The summed E-state index contributed by atoms with van der Waals surface area (Å²) in [6.45, 7) is 3.58. The van der Waals surface area contributed by atoms with Gasteiger partial charge in [0.2, 0.25) is 0 Å². The van der Waals surface area contributed by atoms with Crippen molar-refractivity contribution in [3.8, 4) is 0 Å². The fourth-order valence-electron chi connectivity index (χ4n) is 1.91. The summed E-state index contributed by atoms with van der Waals surface area (Å²) in [6, 6.07) is 24.8. The Kier molecular flexibility index (Phi) is 15.0. The third-order valence-electron chi connectivity index (χ3n) is 3.34. The number of hydrogen-bond acceptors (Lipinski definition) is 7. The van der Waals surface area contributed by atoms with Crippen molar-refractivity contribution in [3.05, 3.63) is 108 Å². The van der Waals surface area contributed by atoms with E-state index >= 15 is 0 Å². The Hall–Kier alpha value is -3.09. The molecule has 0 spiro atoms. The molecule has 0 aromatic heterocycles. The van der Waals surface area contributed by atoms with Crippen LogP contribution in [0, 0.1) is 0 Å². The van der Waals surface area contributed by atoms with Crippen LogP contribution in [0.15, 0.2) is 91.0 Å². The van der Waals surface area contributed by atoms with Crippen molar-refractivity contribution < 1.29 is 60.6 Å². The average molecular weight is 514 g/mol. The zero-order valence-corrected chi connectivity index (χ0v) is 20.1. The first-order chi connectivity index (χ1) is 14.8. The van der Waals surface area contributed by atoms with Gasteiger partial charge in [-0.25, -0.2) is 4.79 Å². The van der Waals surface area contributed by atoms with E-state index in [4.69, 9.17) is 4.89 Å². The number of carbonyl (C=O) groups excluding carboxylic acids is 3. The quantitative estimate of drug-likeness (QED) is 0.380. The van der Waals surface area contributed by atoms with Crippen molar-refractivity contribution >= 4 is 17.9 Å². The van der Waals surface area contributed by atoms with Gasteiger partial charge in [-0.2, -0.15) is 4.89 Å². The second kappa shape index (κ2) is 16.6. The SMILES string of the molecule is CC(C)OOC(=O)c1ccccc1.O=C([O-])c1ccccc1.O=C([O-])c1ccccc1.[Zr+2].